The Morgan fingerprint density at radius 2 is 1.72 bits per heavy atom. The summed E-state index contributed by atoms with van der Waals surface area (Å²) < 4.78 is 13.3. The number of aliphatic carboxylic acids is 1. The van der Waals surface area contributed by atoms with Crippen LogP contribution in [0, 0.1) is 7.14 Å². The van der Waals surface area contributed by atoms with Crippen LogP contribution in [-0.2, 0) is 11.4 Å². The lowest BCUT2D eigenvalue weighted by molar-refractivity contribution is -0.132. The van der Waals surface area contributed by atoms with Gasteiger partial charge in [0.15, 0.2) is 11.5 Å². The van der Waals surface area contributed by atoms with Crippen LogP contribution in [0.3, 0.4) is 0 Å². The van der Waals surface area contributed by atoms with Crippen molar-refractivity contribution in [3.63, 3.8) is 0 Å². The number of ether oxygens (including phenoxy) is 2. The fourth-order valence-corrected chi connectivity index (χ4v) is 3.94. The third-order valence-corrected chi connectivity index (χ3v) is 5.89. The van der Waals surface area contributed by atoms with E-state index in [4.69, 9.17) is 9.47 Å². The lowest BCUT2D eigenvalue weighted by Gasteiger charge is -2.14. The molecule has 1 amide bonds. The van der Waals surface area contributed by atoms with Gasteiger partial charge in [0.05, 0.1) is 10.7 Å². The molecule has 164 valence electrons. The average molecular weight is 655 g/mol. The first-order valence-electron chi connectivity index (χ1n) is 9.43. The molecule has 8 heteroatoms. The highest BCUT2D eigenvalue weighted by molar-refractivity contribution is 14.1. The molecule has 0 aliphatic rings. The molecule has 0 aliphatic carbocycles. The lowest BCUT2D eigenvalue weighted by atomic mass is 10.1. The summed E-state index contributed by atoms with van der Waals surface area (Å²) in [7, 11) is 1.52. The fraction of sp³-hybridized carbons (Fsp3) is 0.0833. The lowest BCUT2D eigenvalue weighted by Crippen LogP contribution is -2.27. The molecular formula is C24H19I2NO5. The molecule has 0 saturated carbocycles. The van der Waals surface area contributed by atoms with E-state index in [2.05, 4.69) is 50.5 Å². The van der Waals surface area contributed by atoms with E-state index >= 15 is 0 Å². The van der Waals surface area contributed by atoms with E-state index in [9.17, 15) is 14.7 Å². The molecule has 0 unspecified atom stereocenters. The summed E-state index contributed by atoms with van der Waals surface area (Å²) in [5, 5.41) is 12.0. The first kappa shape index (κ1) is 24.1. The summed E-state index contributed by atoms with van der Waals surface area (Å²) in [6, 6.07) is 19.9. The molecule has 0 saturated heterocycles. The summed E-state index contributed by atoms with van der Waals surface area (Å²) in [5.74, 6) is -0.720. The van der Waals surface area contributed by atoms with Crippen LogP contribution < -0.4 is 14.8 Å². The minimum Gasteiger partial charge on any atom is -0.493 e. The van der Waals surface area contributed by atoms with Crippen molar-refractivity contribution in [1.82, 2.24) is 5.32 Å². The molecule has 32 heavy (non-hydrogen) atoms. The SMILES string of the molecule is COc1cc(/C=C(/NC(=O)c2ccccc2)C(=O)O)cc(I)c1OCc1ccc(I)cc1. The van der Waals surface area contributed by atoms with Gasteiger partial charge in [-0.1, -0.05) is 30.3 Å². The van der Waals surface area contributed by atoms with Gasteiger partial charge in [0, 0.05) is 9.13 Å². The Bertz CT molecular complexity index is 1150. The van der Waals surface area contributed by atoms with Crippen molar-refractivity contribution in [2.45, 2.75) is 6.61 Å². The van der Waals surface area contributed by atoms with Gasteiger partial charge in [-0.3, -0.25) is 4.79 Å². The molecule has 0 aliphatic heterocycles. The number of hydrogen-bond acceptors (Lipinski definition) is 4. The first-order chi connectivity index (χ1) is 15.4. The van der Waals surface area contributed by atoms with E-state index in [1.807, 2.05) is 24.3 Å². The van der Waals surface area contributed by atoms with Crippen molar-refractivity contribution in [1.29, 1.82) is 0 Å². The molecule has 0 fully saturated rings. The summed E-state index contributed by atoms with van der Waals surface area (Å²) in [5.41, 5.74) is 1.69. The molecular weight excluding hydrogens is 636 g/mol. The fourth-order valence-electron chi connectivity index (χ4n) is 2.80. The van der Waals surface area contributed by atoms with Crippen LogP contribution in [0.25, 0.3) is 6.08 Å². The molecule has 0 atom stereocenters. The zero-order chi connectivity index (χ0) is 23.1. The number of carbonyl (C=O) groups excluding carboxylic acids is 1. The molecule has 3 rings (SSSR count). The second-order valence-electron chi connectivity index (χ2n) is 6.63. The van der Waals surface area contributed by atoms with Crippen molar-refractivity contribution in [3.05, 3.63) is 96.3 Å². The maximum Gasteiger partial charge on any atom is 0.352 e. The standard InChI is InChI=1S/C24H19I2NO5/c1-31-21-13-16(11-19(26)22(21)32-14-15-7-9-18(25)10-8-15)12-20(24(29)30)27-23(28)17-5-3-2-4-6-17/h2-13H,14H2,1H3,(H,27,28)(H,29,30)/b20-12+. The van der Waals surface area contributed by atoms with Crippen LogP contribution >= 0.6 is 45.2 Å². The van der Waals surface area contributed by atoms with Crippen LogP contribution in [-0.4, -0.2) is 24.1 Å². The van der Waals surface area contributed by atoms with Gasteiger partial charge in [0.1, 0.15) is 12.3 Å². The van der Waals surface area contributed by atoms with Gasteiger partial charge in [0.25, 0.3) is 5.91 Å². The van der Waals surface area contributed by atoms with E-state index in [1.165, 1.54) is 13.2 Å². The maximum atomic E-state index is 12.4. The van der Waals surface area contributed by atoms with Crippen molar-refractivity contribution in [3.8, 4) is 11.5 Å². The number of carboxylic acid groups (broad SMARTS) is 1. The number of carboxylic acids is 1. The predicted molar refractivity (Wildman–Crippen MR) is 139 cm³/mol. The Hall–Kier alpha value is -2.60. The maximum absolute atomic E-state index is 12.4. The molecule has 2 N–H and O–H groups in total. The largest absolute Gasteiger partial charge is 0.493 e. The molecule has 3 aromatic rings. The molecule has 3 aromatic carbocycles. The number of methoxy groups -OCH3 is 1. The first-order valence-corrected chi connectivity index (χ1v) is 11.6. The smallest absolute Gasteiger partial charge is 0.352 e. The molecule has 0 bridgehead atoms. The summed E-state index contributed by atoms with van der Waals surface area (Å²) in [4.78, 5) is 24.1. The van der Waals surface area contributed by atoms with E-state index in [1.54, 1.807) is 42.5 Å². The summed E-state index contributed by atoms with van der Waals surface area (Å²) >= 11 is 4.36. The third-order valence-electron chi connectivity index (χ3n) is 4.37. The van der Waals surface area contributed by atoms with Gasteiger partial charge in [-0.2, -0.15) is 0 Å². The summed E-state index contributed by atoms with van der Waals surface area (Å²) in [6.45, 7) is 0.367. The monoisotopic (exact) mass is 655 g/mol. The van der Waals surface area contributed by atoms with E-state index in [0.29, 0.717) is 29.2 Å². The Balaban J connectivity index is 1.83. The van der Waals surface area contributed by atoms with E-state index in [0.717, 1.165) is 12.7 Å². The number of halogens is 2. The van der Waals surface area contributed by atoms with Gasteiger partial charge in [-0.15, -0.1) is 0 Å². The Morgan fingerprint density at radius 3 is 2.34 bits per heavy atom. The van der Waals surface area contributed by atoms with E-state index < -0.39 is 11.9 Å². The zero-order valence-electron chi connectivity index (χ0n) is 17.0. The van der Waals surface area contributed by atoms with Crippen molar-refractivity contribution < 1.29 is 24.2 Å². The van der Waals surface area contributed by atoms with Crippen molar-refractivity contribution in [2.24, 2.45) is 0 Å². The average Bonchev–Trinajstić information content (AvgIpc) is 2.79. The van der Waals surface area contributed by atoms with E-state index in [-0.39, 0.29) is 5.70 Å². The molecule has 0 aromatic heterocycles. The second-order valence-corrected chi connectivity index (χ2v) is 9.04. The second kappa shape index (κ2) is 11.3. The highest BCUT2D eigenvalue weighted by Crippen LogP contribution is 2.35. The van der Waals surface area contributed by atoms with Gasteiger partial charge in [-0.05, 0) is 98.8 Å². The molecule has 6 nitrogen and oxygen atoms in total. The molecule has 0 radical (unpaired) electrons. The topological polar surface area (TPSA) is 84.9 Å². The minimum absolute atomic E-state index is 0.246. The van der Waals surface area contributed by atoms with Crippen LogP contribution in [0.5, 0.6) is 11.5 Å². The van der Waals surface area contributed by atoms with Crippen LogP contribution in [0.1, 0.15) is 21.5 Å². The number of amides is 1. The van der Waals surface area contributed by atoms with Crippen LogP contribution in [0.2, 0.25) is 0 Å². The normalized spacial score (nSPS) is 11.0. The number of rotatable bonds is 8. The Labute approximate surface area is 212 Å². The van der Waals surface area contributed by atoms with Crippen molar-refractivity contribution in [2.75, 3.05) is 7.11 Å². The Morgan fingerprint density at radius 1 is 1.03 bits per heavy atom. The Kier molecular flexibility index (Phi) is 8.51. The number of hydrogen-bond donors (Lipinski definition) is 2. The highest BCUT2D eigenvalue weighted by atomic mass is 127. The third kappa shape index (κ3) is 6.45. The quantitative estimate of drug-likeness (QED) is 0.253. The number of carbonyl (C=O) groups is 2. The zero-order valence-corrected chi connectivity index (χ0v) is 21.3. The molecule has 0 spiro atoms. The highest BCUT2D eigenvalue weighted by Gasteiger charge is 2.16. The van der Waals surface area contributed by atoms with Gasteiger partial charge in [0.2, 0.25) is 0 Å². The summed E-state index contributed by atoms with van der Waals surface area (Å²) in [6.07, 6.45) is 1.39. The van der Waals surface area contributed by atoms with Crippen LogP contribution in [0.15, 0.2) is 72.4 Å². The van der Waals surface area contributed by atoms with Gasteiger partial charge < -0.3 is 19.9 Å². The predicted octanol–water partition coefficient (Wildman–Crippen LogP) is 5.34. The van der Waals surface area contributed by atoms with Crippen molar-refractivity contribution >= 4 is 63.1 Å². The number of nitrogens with one attached hydrogen (secondary N) is 1. The van der Waals surface area contributed by atoms with Gasteiger partial charge >= 0.3 is 5.97 Å². The van der Waals surface area contributed by atoms with Gasteiger partial charge in [-0.25, -0.2) is 4.79 Å². The number of benzene rings is 3. The van der Waals surface area contributed by atoms with Crippen LogP contribution in [0.4, 0.5) is 0 Å². The minimum atomic E-state index is -1.25. The molecule has 0 heterocycles.